The second kappa shape index (κ2) is 10.8. The molecule has 0 saturated carbocycles. The van der Waals surface area contributed by atoms with Gasteiger partial charge in [-0.1, -0.05) is 23.2 Å². The smallest absolute Gasteiger partial charge is 0.248 e. The summed E-state index contributed by atoms with van der Waals surface area (Å²) in [6.45, 7) is 0. The van der Waals surface area contributed by atoms with Gasteiger partial charge < -0.3 is 30.6 Å². The molecule has 0 aliphatic rings. The van der Waals surface area contributed by atoms with Gasteiger partial charge in [0.15, 0.2) is 11.5 Å². The van der Waals surface area contributed by atoms with E-state index in [1.54, 1.807) is 24.4 Å². The maximum Gasteiger partial charge on any atom is 0.248 e. The zero-order chi connectivity index (χ0) is 24.0. The van der Waals surface area contributed by atoms with E-state index in [1.165, 1.54) is 45.9 Å². The van der Waals surface area contributed by atoms with E-state index in [2.05, 4.69) is 20.6 Å². The lowest BCUT2D eigenvalue weighted by Crippen LogP contribution is -2.10. The highest BCUT2D eigenvalue weighted by molar-refractivity contribution is 6.42. The number of rotatable bonds is 8. The van der Waals surface area contributed by atoms with Crippen molar-refractivity contribution in [3.8, 4) is 17.2 Å². The van der Waals surface area contributed by atoms with Gasteiger partial charge >= 0.3 is 0 Å². The Kier molecular flexibility index (Phi) is 7.81. The molecule has 33 heavy (non-hydrogen) atoms. The normalized spacial score (nSPS) is 10.7. The number of halogens is 2. The minimum Gasteiger partial charge on any atom is -0.493 e. The van der Waals surface area contributed by atoms with Crippen LogP contribution in [0.5, 0.6) is 17.2 Å². The lowest BCUT2D eigenvalue weighted by Gasteiger charge is -2.15. The number of nitrogen functional groups attached to an aromatic ring is 1. The molecule has 0 aliphatic heterocycles. The van der Waals surface area contributed by atoms with Crippen molar-refractivity contribution in [2.45, 2.75) is 0 Å². The summed E-state index contributed by atoms with van der Waals surface area (Å²) in [4.78, 5) is 20.7. The number of ether oxygens (including phenoxy) is 3. The molecule has 2 aromatic carbocycles. The van der Waals surface area contributed by atoms with Crippen molar-refractivity contribution in [2.24, 2.45) is 0 Å². The minimum atomic E-state index is -0.428. The van der Waals surface area contributed by atoms with Gasteiger partial charge in [-0.05, 0) is 18.2 Å². The second-order valence-electron chi connectivity index (χ2n) is 6.54. The monoisotopic (exact) mass is 489 g/mol. The SMILES string of the molecule is COc1cc(Nc2ncncc2/C=C/C(=O)Nc2cc(Cl)c(Cl)cc2N)cc(OC)c1OC. The zero-order valence-corrected chi connectivity index (χ0v) is 19.5. The molecule has 0 spiro atoms. The third-order valence-corrected chi connectivity index (χ3v) is 5.15. The van der Waals surface area contributed by atoms with Crippen molar-refractivity contribution >= 4 is 58.1 Å². The zero-order valence-electron chi connectivity index (χ0n) is 18.0. The summed E-state index contributed by atoms with van der Waals surface area (Å²) < 4.78 is 16.1. The molecule has 1 aromatic heterocycles. The van der Waals surface area contributed by atoms with Crippen molar-refractivity contribution in [1.29, 1.82) is 0 Å². The predicted molar refractivity (Wildman–Crippen MR) is 130 cm³/mol. The van der Waals surface area contributed by atoms with Gasteiger partial charge in [-0.3, -0.25) is 4.79 Å². The quantitative estimate of drug-likeness (QED) is 0.305. The summed E-state index contributed by atoms with van der Waals surface area (Å²) in [7, 11) is 4.58. The molecule has 0 aliphatic carbocycles. The number of methoxy groups -OCH3 is 3. The Morgan fingerprint density at radius 3 is 2.33 bits per heavy atom. The van der Waals surface area contributed by atoms with Gasteiger partial charge in [0.1, 0.15) is 12.1 Å². The Balaban J connectivity index is 1.82. The first-order valence-corrected chi connectivity index (χ1v) is 10.2. The van der Waals surface area contributed by atoms with Crippen molar-refractivity contribution in [3.63, 3.8) is 0 Å². The van der Waals surface area contributed by atoms with E-state index in [4.69, 9.17) is 43.1 Å². The van der Waals surface area contributed by atoms with Crippen LogP contribution in [0, 0.1) is 0 Å². The number of nitrogens with two attached hydrogens (primary N) is 1. The first-order chi connectivity index (χ1) is 15.9. The molecule has 0 bridgehead atoms. The van der Waals surface area contributed by atoms with Gasteiger partial charge in [-0.25, -0.2) is 9.97 Å². The number of aromatic nitrogens is 2. The molecule has 9 nitrogen and oxygen atoms in total. The maximum atomic E-state index is 12.4. The van der Waals surface area contributed by atoms with Gasteiger partial charge in [0.2, 0.25) is 11.7 Å². The molecule has 3 rings (SSSR count). The van der Waals surface area contributed by atoms with E-state index in [9.17, 15) is 4.79 Å². The number of anilines is 4. The van der Waals surface area contributed by atoms with E-state index in [0.717, 1.165) is 0 Å². The molecule has 11 heteroatoms. The molecular weight excluding hydrogens is 469 g/mol. The Hall–Kier alpha value is -3.69. The standard InChI is InChI=1S/C22H21Cl2N5O4/c1-31-18-6-13(7-19(32-2)21(18)33-3)28-22-12(10-26-11-27-22)4-5-20(30)29-17-9-15(24)14(23)8-16(17)25/h4-11H,25H2,1-3H3,(H,29,30)(H,26,27,28)/b5-4+. The first kappa shape index (κ1) is 24.0. The fourth-order valence-electron chi connectivity index (χ4n) is 2.87. The van der Waals surface area contributed by atoms with Crippen LogP contribution in [-0.4, -0.2) is 37.2 Å². The summed E-state index contributed by atoms with van der Waals surface area (Å²) in [5.41, 5.74) is 7.71. The number of nitrogens with zero attached hydrogens (tertiary/aromatic N) is 2. The van der Waals surface area contributed by atoms with Crippen LogP contribution >= 0.6 is 23.2 Å². The summed E-state index contributed by atoms with van der Waals surface area (Å²) in [5, 5.41) is 6.40. The molecule has 0 fully saturated rings. The molecule has 0 radical (unpaired) electrons. The van der Waals surface area contributed by atoms with Gasteiger partial charge in [-0.2, -0.15) is 0 Å². The van der Waals surface area contributed by atoms with Gasteiger partial charge in [0.25, 0.3) is 0 Å². The van der Waals surface area contributed by atoms with Crippen LogP contribution in [0.25, 0.3) is 6.08 Å². The fourth-order valence-corrected chi connectivity index (χ4v) is 3.20. The molecule has 3 aromatic rings. The lowest BCUT2D eigenvalue weighted by atomic mass is 10.2. The number of nitrogens with one attached hydrogen (secondary N) is 2. The second-order valence-corrected chi connectivity index (χ2v) is 7.36. The van der Waals surface area contributed by atoms with Crippen LogP contribution in [0.4, 0.5) is 22.9 Å². The average Bonchev–Trinajstić information content (AvgIpc) is 2.81. The van der Waals surface area contributed by atoms with E-state index in [0.29, 0.717) is 50.7 Å². The number of benzene rings is 2. The van der Waals surface area contributed by atoms with Crippen LogP contribution in [0.1, 0.15) is 5.56 Å². The number of carbonyl (C=O) groups is 1. The van der Waals surface area contributed by atoms with Crippen LogP contribution in [0.3, 0.4) is 0 Å². The van der Waals surface area contributed by atoms with E-state index in [-0.39, 0.29) is 5.02 Å². The molecular formula is C22H21Cl2N5O4. The van der Waals surface area contributed by atoms with Crippen molar-refractivity contribution in [2.75, 3.05) is 37.7 Å². The topological polar surface area (TPSA) is 121 Å². The highest BCUT2D eigenvalue weighted by Crippen LogP contribution is 2.40. The third kappa shape index (κ3) is 5.76. The fraction of sp³-hybridized carbons (Fsp3) is 0.136. The Morgan fingerprint density at radius 1 is 1.03 bits per heavy atom. The Labute approximate surface area is 200 Å². The Bertz CT molecular complexity index is 1180. The highest BCUT2D eigenvalue weighted by atomic mass is 35.5. The summed E-state index contributed by atoms with van der Waals surface area (Å²) in [6, 6.07) is 6.41. The Morgan fingerprint density at radius 2 is 1.70 bits per heavy atom. The number of hydrogen-bond donors (Lipinski definition) is 3. The van der Waals surface area contributed by atoms with E-state index in [1.807, 2.05) is 0 Å². The lowest BCUT2D eigenvalue weighted by molar-refractivity contribution is -0.111. The van der Waals surface area contributed by atoms with Crippen molar-refractivity contribution in [1.82, 2.24) is 9.97 Å². The van der Waals surface area contributed by atoms with Crippen molar-refractivity contribution < 1.29 is 19.0 Å². The summed E-state index contributed by atoms with van der Waals surface area (Å²) >= 11 is 11.9. The molecule has 4 N–H and O–H groups in total. The maximum absolute atomic E-state index is 12.4. The van der Waals surface area contributed by atoms with Crippen molar-refractivity contribution in [3.05, 3.63) is 58.5 Å². The molecule has 0 atom stereocenters. The number of hydrogen-bond acceptors (Lipinski definition) is 8. The average molecular weight is 490 g/mol. The number of carbonyl (C=O) groups excluding carboxylic acids is 1. The van der Waals surface area contributed by atoms with Crippen LogP contribution in [0.15, 0.2) is 42.9 Å². The van der Waals surface area contributed by atoms with Gasteiger partial charge in [-0.15, -0.1) is 0 Å². The van der Waals surface area contributed by atoms with Crippen LogP contribution in [-0.2, 0) is 4.79 Å². The molecule has 172 valence electrons. The summed E-state index contributed by atoms with van der Waals surface area (Å²) in [5.74, 6) is 1.44. The first-order valence-electron chi connectivity index (χ1n) is 9.46. The third-order valence-electron chi connectivity index (χ3n) is 4.43. The van der Waals surface area contributed by atoms with Gasteiger partial charge in [0.05, 0.1) is 42.7 Å². The molecule has 0 saturated heterocycles. The molecule has 1 heterocycles. The van der Waals surface area contributed by atoms with Gasteiger partial charge in [0, 0.05) is 35.7 Å². The molecule has 0 unspecified atom stereocenters. The van der Waals surface area contributed by atoms with E-state index >= 15 is 0 Å². The summed E-state index contributed by atoms with van der Waals surface area (Å²) in [6.07, 6.45) is 5.82. The minimum absolute atomic E-state index is 0.276. The molecule has 1 amide bonds. The predicted octanol–water partition coefficient (Wildman–Crippen LogP) is 4.79. The van der Waals surface area contributed by atoms with Crippen LogP contribution in [0.2, 0.25) is 10.0 Å². The van der Waals surface area contributed by atoms with E-state index < -0.39 is 5.91 Å². The van der Waals surface area contributed by atoms with Crippen LogP contribution < -0.4 is 30.6 Å². The number of amides is 1. The highest BCUT2D eigenvalue weighted by Gasteiger charge is 2.14. The largest absolute Gasteiger partial charge is 0.493 e.